The van der Waals surface area contributed by atoms with Crippen LogP contribution in [0.15, 0.2) is 66.9 Å². The number of esters is 1. The molecule has 10 nitrogen and oxygen atoms in total. The van der Waals surface area contributed by atoms with Gasteiger partial charge < -0.3 is 28.9 Å². The van der Waals surface area contributed by atoms with E-state index in [1.807, 2.05) is 30.3 Å². The fourth-order valence-corrected chi connectivity index (χ4v) is 7.04. The van der Waals surface area contributed by atoms with Crippen LogP contribution in [-0.4, -0.2) is 40.9 Å². The van der Waals surface area contributed by atoms with Crippen molar-refractivity contribution in [1.29, 1.82) is 0 Å². The molecule has 4 aromatic rings. The van der Waals surface area contributed by atoms with E-state index in [1.54, 1.807) is 58.2 Å². The summed E-state index contributed by atoms with van der Waals surface area (Å²) < 4.78 is 36.9. The first-order chi connectivity index (χ1) is 20.3. The van der Waals surface area contributed by atoms with Crippen LogP contribution in [0.25, 0.3) is 10.6 Å². The van der Waals surface area contributed by atoms with Crippen molar-refractivity contribution >= 4 is 30.7 Å². The molecule has 2 aromatic heterocycles. The number of benzene rings is 2. The third kappa shape index (κ3) is 7.35. The molecule has 42 heavy (non-hydrogen) atoms. The molecule has 2 aromatic carbocycles. The van der Waals surface area contributed by atoms with E-state index in [9.17, 15) is 14.5 Å². The summed E-state index contributed by atoms with van der Waals surface area (Å²) in [6, 6.07) is 17.9. The zero-order chi connectivity index (χ0) is 30.1. The molecule has 222 valence electrons. The first-order valence-corrected chi connectivity index (χ1v) is 16.0. The van der Waals surface area contributed by atoms with Crippen LogP contribution in [0.1, 0.15) is 53.0 Å². The number of carbonyl (C=O) groups is 1. The molecule has 0 aliphatic rings. The van der Waals surface area contributed by atoms with Crippen LogP contribution >= 0.6 is 18.9 Å². The lowest BCUT2D eigenvalue weighted by atomic mass is 10.1. The molecule has 0 fully saturated rings. The van der Waals surface area contributed by atoms with Crippen LogP contribution < -0.4 is 10.1 Å². The summed E-state index contributed by atoms with van der Waals surface area (Å²) in [7, 11) is -3.94. The highest BCUT2D eigenvalue weighted by molar-refractivity contribution is 7.54. The SMILES string of the molecule is CCOC(=O)c1sc(-c2ccc(O)c(C(Nc3ncccc3OCc3ccccc3)P(=O)(OCC)OCC)c2)nc1C. The van der Waals surface area contributed by atoms with Crippen LogP contribution in [0, 0.1) is 6.92 Å². The molecular weight excluding hydrogens is 577 g/mol. The molecule has 12 heteroatoms. The number of rotatable bonds is 14. The highest BCUT2D eigenvalue weighted by Gasteiger charge is 2.40. The molecule has 4 rings (SSSR count). The van der Waals surface area contributed by atoms with E-state index in [4.69, 9.17) is 18.5 Å². The first-order valence-electron chi connectivity index (χ1n) is 13.5. The quantitative estimate of drug-likeness (QED) is 0.110. The number of phenolic OH excluding ortho intramolecular Hbond substituents is 1. The zero-order valence-corrected chi connectivity index (χ0v) is 25.6. The zero-order valence-electron chi connectivity index (χ0n) is 23.9. The number of ether oxygens (including phenoxy) is 2. The second kappa shape index (κ2) is 14.4. The highest BCUT2D eigenvalue weighted by atomic mass is 32.1. The fourth-order valence-electron chi connectivity index (χ4n) is 4.17. The number of phenols is 1. The summed E-state index contributed by atoms with van der Waals surface area (Å²) in [6.45, 7) is 7.63. The van der Waals surface area contributed by atoms with Crippen molar-refractivity contribution in [2.45, 2.75) is 40.1 Å². The van der Waals surface area contributed by atoms with Gasteiger partial charge in [-0.15, -0.1) is 11.3 Å². The third-order valence-electron chi connectivity index (χ3n) is 6.04. The Hall–Kier alpha value is -3.76. The second-order valence-electron chi connectivity index (χ2n) is 8.97. The molecule has 0 saturated carbocycles. The molecular formula is C30H34N3O7PS. The minimum Gasteiger partial charge on any atom is -0.508 e. The van der Waals surface area contributed by atoms with E-state index in [2.05, 4.69) is 15.3 Å². The van der Waals surface area contributed by atoms with Gasteiger partial charge in [-0.25, -0.2) is 14.8 Å². The van der Waals surface area contributed by atoms with Crippen LogP contribution in [0.2, 0.25) is 0 Å². The van der Waals surface area contributed by atoms with E-state index in [0.29, 0.717) is 26.9 Å². The summed E-state index contributed by atoms with van der Waals surface area (Å²) in [5.41, 5.74) is 2.33. The predicted octanol–water partition coefficient (Wildman–Crippen LogP) is 7.35. The first kappa shape index (κ1) is 31.2. The number of aromatic hydroxyl groups is 1. The van der Waals surface area contributed by atoms with Crippen molar-refractivity contribution in [1.82, 2.24) is 9.97 Å². The number of pyridine rings is 1. The molecule has 1 atom stereocenters. The number of hydrogen-bond acceptors (Lipinski definition) is 11. The van der Waals surface area contributed by atoms with Crippen molar-refractivity contribution in [3.8, 4) is 22.1 Å². The average molecular weight is 612 g/mol. The Morgan fingerprint density at radius 2 is 1.76 bits per heavy atom. The van der Waals surface area contributed by atoms with E-state index in [1.165, 1.54) is 17.4 Å². The number of aryl methyl sites for hydroxylation is 1. The minimum absolute atomic E-state index is 0.101. The number of aromatic nitrogens is 2. The number of anilines is 1. The van der Waals surface area contributed by atoms with Gasteiger partial charge in [-0.2, -0.15) is 0 Å². The molecule has 2 N–H and O–H groups in total. The van der Waals surface area contributed by atoms with E-state index in [-0.39, 0.29) is 43.6 Å². The summed E-state index contributed by atoms with van der Waals surface area (Å²) in [4.78, 5) is 21.8. The molecule has 0 aliphatic heterocycles. The smallest absolute Gasteiger partial charge is 0.357 e. The van der Waals surface area contributed by atoms with Gasteiger partial charge in [0.1, 0.15) is 22.2 Å². The molecule has 1 unspecified atom stereocenters. The normalized spacial score (nSPS) is 12.1. The monoisotopic (exact) mass is 611 g/mol. The molecule has 0 aliphatic carbocycles. The highest BCUT2D eigenvalue weighted by Crippen LogP contribution is 2.62. The molecule has 0 amide bonds. The molecule has 0 bridgehead atoms. The van der Waals surface area contributed by atoms with Gasteiger partial charge in [-0.3, -0.25) is 4.57 Å². The number of hydrogen-bond donors (Lipinski definition) is 2. The number of thiazole rings is 1. The number of nitrogens with one attached hydrogen (secondary N) is 1. The third-order valence-corrected chi connectivity index (χ3v) is 9.50. The lowest BCUT2D eigenvalue weighted by Gasteiger charge is -2.29. The van der Waals surface area contributed by atoms with Gasteiger partial charge in [-0.1, -0.05) is 30.3 Å². The Morgan fingerprint density at radius 1 is 1.02 bits per heavy atom. The average Bonchev–Trinajstić information content (AvgIpc) is 3.38. The second-order valence-corrected chi connectivity index (χ2v) is 12.1. The molecule has 2 heterocycles. The Kier molecular flexibility index (Phi) is 10.7. The van der Waals surface area contributed by atoms with Crippen LogP contribution in [0.3, 0.4) is 0 Å². The van der Waals surface area contributed by atoms with Gasteiger partial charge in [0.2, 0.25) is 0 Å². The Morgan fingerprint density at radius 3 is 2.45 bits per heavy atom. The minimum atomic E-state index is -3.94. The number of nitrogens with zero attached hydrogens (tertiary/aromatic N) is 2. The molecule has 0 radical (unpaired) electrons. The molecule has 0 saturated heterocycles. The summed E-state index contributed by atoms with van der Waals surface area (Å²) in [5.74, 6) is -1.06. The van der Waals surface area contributed by atoms with Gasteiger partial charge in [0.15, 0.2) is 17.4 Å². The van der Waals surface area contributed by atoms with E-state index < -0.39 is 19.3 Å². The fraction of sp³-hybridized carbons (Fsp3) is 0.300. The van der Waals surface area contributed by atoms with Gasteiger partial charge in [0.05, 0.1) is 25.5 Å². The molecule has 0 spiro atoms. The predicted molar refractivity (Wildman–Crippen MR) is 162 cm³/mol. The van der Waals surface area contributed by atoms with Crippen molar-refractivity contribution in [3.05, 3.63) is 88.6 Å². The van der Waals surface area contributed by atoms with E-state index in [0.717, 1.165) is 5.56 Å². The van der Waals surface area contributed by atoms with E-state index >= 15 is 0 Å². The van der Waals surface area contributed by atoms with Gasteiger partial charge >= 0.3 is 13.6 Å². The number of carbonyl (C=O) groups excluding carboxylic acids is 1. The lowest BCUT2D eigenvalue weighted by molar-refractivity contribution is 0.0531. The summed E-state index contributed by atoms with van der Waals surface area (Å²) in [5, 5.41) is 14.8. The van der Waals surface area contributed by atoms with Crippen LogP contribution in [0.5, 0.6) is 11.5 Å². The van der Waals surface area contributed by atoms with Crippen molar-refractivity contribution in [2.75, 3.05) is 25.1 Å². The van der Waals surface area contributed by atoms with Crippen LogP contribution in [-0.2, 0) is 25.0 Å². The van der Waals surface area contributed by atoms with Gasteiger partial charge in [0, 0.05) is 17.3 Å². The largest absolute Gasteiger partial charge is 0.508 e. The summed E-state index contributed by atoms with van der Waals surface area (Å²) in [6.07, 6.45) is 1.58. The van der Waals surface area contributed by atoms with Crippen molar-refractivity contribution < 1.29 is 33.0 Å². The summed E-state index contributed by atoms with van der Waals surface area (Å²) >= 11 is 1.17. The van der Waals surface area contributed by atoms with Crippen molar-refractivity contribution in [3.63, 3.8) is 0 Å². The van der Waals surface area contributed by atoms with Crippen LogP contribution in [0.4, 0.5) is 5.82 Å². The Balaban J connectivity index is 1.76. The maximum absolute atomic E-state index is 14.3. The topological polar surface area (TPSA) is 129 Å². The lowest BCUT2D eigenvalue weighted by Crippen LogP contribution is -2.17. The standard InChI is InChI=1S/C30H34N3O7PS/c1-5-37-30(35)26-20(4)32-29(42-26)22-15-16-24(34)23(18-22)28(41(36,39-6-2)40-7-3)33-27-25(14-11-17-31-27)38-19-21-12-9-8-10-13-21/h8-18,28,34H,5-7,19H2,1-4H3,(H,31,33). The van der Waals surface area contributed by atoms with Crippen molar-refractivity contribution in [2.24, 2.45) is 0 Å². The van der Waals surface area contributed by atoms with Gasteiger partial charge in [0.25, 0.3) is 0 Å². The van der Waals surface area contributed by atoms with Gasteiger partial charge in [-0.05, 0) is 63.6 Å². The Labute approximate surface area is 249 Å². The Bertz CT molecular complexity index is 1540. The maximum atomic E-state index is 14.3. The maximum Gasteiger partial charge on any atom is 0.357 e.